The van der Waals surface area contributed by atoms with E-state index in [2.05, 4.69) is 40.9 Å². The number of carbonyl (C=O) groups excluding carboxylic acids is 1. The van der Waals surface area contributed by atoms with Crippen LogP contribution in [0, 0.1) is 11.8 Å². The number of pyridine rings is 1. The molecule has 5 heteroatoms. The molecule has 2 atom stereocenters. The van der Waals surface area contributed by atoms with Crippen LogP contribution >= 0.6 is 0 Å². The molecule has 1 amide bonds. The zero-order valence-corrected chi connectivity index (χ0v) is 17.9. The van der Waals surface area contributed by atoms with Crippen molar-refractivity contribution < 1.29 is 9.53 Å². The fraction of sp³-hybridized carbons (Fsp3) is 0.583. The molecule has 3 heterocycles. The number of hydrogen-bond acceptors (Lipinski definition) is 4. The average Bonchev–Trinajstić information content (AvgIpc) is 2.74. The zero-order valence-electron chi connectivity index (χ0n) is 17.9. The van der Waals surface area contributed by atoms with Crippen LogP contribution in [0.4, 0.5) is 0 Å². The van der Waals surface area contributed by atoms with Crippen LogP contribution < -0.4 is 4.74 Å². The summed E-state index contributed by atoms with van der Waals surface area (Å²) in [7, 11) is 3.86. The fourth-order valence-electron chi connectivity index (χ4n) is 5.11. The minimum Gasteiger partial charge on any atom is -0.494 e. The summed E-state index contributed by atoms with van der Waals surface area (Å²) in [6.07, 6.45) is 5.91. The summed E-state index contributed by atoms with van der Waals surface area (Å²) in [6.45, 7) is 6.19. The van der Waals surface area contributed by atoms with Crippen LogP contribution in [0.1, 0.15) is 44.1 Å². The maximum absolute atomic E-state index is 13.1. The summed E-state index contributed by atoms with van der Waals surface area (Å²) in [5, 5.41) is 1.15. The molecule has 2 fully saturated rings. The van der Waals surface area contributed by atoms with Gasteiger partial charge in [0.2, 0.25) is 5.91 Å². The Morgan fingerprint density at radius 1 is 1.21 bits per heavy atom. The van der Waals surface area contributed by atoms with Gasteiger partial charge in [0.25, 0.3) is 0 Å². The molecular formula is C24H33N3O2. The van der Waals surface area contributed by atoms with Crippen molar-refractivity contribution in [1.29, 1.82) is 0 Å². The SMILES string of the molecule is COc1ccc([C@@H]2C[C@@H](C)CN(C(=O)CC3CCN(C)CC3)C2)c2cccnc12. The minimum absolute atomic E-state index is 0.340. The van der Waals surface area contributed by atoms with Crippen molar-refractivity contribution >= 4 is 16.8 Å². The van der Waals surface area contributed by atoms with Gasteiger partial charge in [-0.25, -0.2) is 0 Å². The van der Waals surface area contributed by atoms with Crippen molar-refractivity contribution in [3.8, 4) is 5.75 Å². The first-order chi connectivity index (χ1) is 14.0. The van der Waals surface area contributed by atoms with E-state index in [0.29, 0.717) is 30.1 Å². The standard InChI is InChI=1S/C24H33N3O2/c1-17-13-19(20-6-7-22(29-3)24-21(20)5-4-10-25-24)16-27(15-17)23(28)14-18-8-11-26(2)12-9-18/h4-7,10,17-19H,8-9,11-16H2,1-3H3/t17-,19-/m1/s1. The van der Waals surface area contributed by atoms with E-state index in [1.54, 1.807) is 7.11 Å². The summed E-state index contributed by atoms with van der Waals surface area (Å²) in [6, 6.07) is 8.31. The Kier molecular flexibility index (Phi) is 6.04. The van der Waals surface area contributed by atoms with Crippen LogP contribution in [0.25, 0.3) is 10.9 Å². The second-order valence-corrected chi connectivity index (χ2v) is 9.04. The number of likely N-dealkylation sites (tertiary alicyclic amines) is 2. The quantitative estimate of drug-likeness (QED) is 0.787. The summed E-state index contributed by atoms with van der Waals surface area (Å²) >= 11 is 0. The lowest BCUT2D eigenvalue weighted by Gasteiger charge is -2.38. The third-order valence-corrected chi connectivity index (χ3v) is 6.74. The van der Waals surface area contributed by atoms with Gasteiger partial charge in [0.15, 0.2) is 0 Å². The highest BCUT2D eigenvalue weighted by Gasteiger charge is 2.31. The Labute approximate surface area is 174 Å². The molecule has 0 N–H and O–H groups in total. The topological polar surface area (TPSA) is 45.7 Å². The van der Waals surface area contributed by atoms with Gasteiger partial charge < -0.3 is 14.5 Å². The number of amides is 1. The van der Waals surface area contributed by atoms with E-state index in [1.807, 2.05) is 18.3 Å². The van der Waals surface area contributed by atoms with Gasteiger partial charge >= 0.3 is 0 Å². The lowest BCUT2D eigenvalue weighted by molar-refractivity contribution is -0.134. The Morgan fingerprint density at radius 2 is 2.00 bits per heavy atom. The maximum Gasteiger partial charge on any atom is 0.222 e. The average molecular weight is 396 g/mol. The molecule has 0 unspecified atom stereocenters. The Hall–Kier alpha value is -2.14. The highest BCUT2D eigenvalue weighted by molar-refractivity contribution is 5.88. The zero-order chi connectivity index (χ0) is 20.4. The molecule has 0 radical (unpaired) electrons. The highest BCUT2D eigenvalue weighted by Crippen LogP contribution is 2.37. The van der Waals surface area contributed by atoms with Crippen molar-refractivity contribution in [3.05, 3.63) is 36.0 Å². The first kappa shape index (κ1) is 20.1. The molecule has 2 aliphatic rings. The molecule has 0 bridgehead atoms. The number of rotatable bonds is 4. The normalized spacial score (nSPS) is 24.0. The monoisotopic (exact) mass is 395 g/mol. The number of nitrogens with zero attached hydrogens (tertiary/aromatic N) is 3. The van der Waals surface area contributed by atoms with Crippen LogP contribution in [0.15, 0.2) is 30.5 Å². The molecular weight excluding hydrogens is 362 g/mol. The molecule has 5 nitrogen and oxygen atoms in total. The minimum atomic E-state index is 0.340. The van der Waals surface area contributed by atoms with Crippen molar-refractivity contribution in [2.24, 2.45) is 11.8 Å². The van der Waals surface area contributed by atoms with Crippen molar-refractivity contribution in [2.45, 2.75) is 38.5 Å². The Morgan fingerprint density at radius 3 is 2.76 bits per heavy atom. The van der Waals surface area contributed by atoms with Gasteiger partial charge in [0, 0.05) is 37.0 Å². The van der Waals surface area contributed by atoms with Gasteiger partial charge in [-0.15, -0.1) is 0 Å². The van der Waals surface area contributed by atoms with Crippen molar-refractivity contribution in [2.75, 3.05) is 40.3 Å². The van der Waals surface area contributed by atoms with Crippen molar-refractivity contribution in [3.63, 3.8) is 0 Å². The van der Waals surface area contributed by atoms with Crippen LogP contribution in [0.3, 0.4) is 0 Å². The lowest BCUT2D eigenvalue weighted by Crippen LogP contribution is -2.43. The van der Waals surface area contributed by atoms with Crippen LogP contribution in [0.5, 0.6) is 5.75 Å². The van der Waals surface area contributed by atoms with Gasteiger partial charge in [-0.2, -0.15) is 0 Å². The van der Waals surface area contributed by atoms with E-state index in [1.165, 1.54) is 5.56 Å². The maximum atomic E-state index is 13.1. The largest absolute Gasteiger partial charge is 0.494 e. The van der Waals surface area contributed by atoms with Gasteiger partial charge in [0.05, 0.1) is 7.11 Å². The van der Waals surface area contributed by atoms with Gasteiger partial charge in [-0.05, 0) is 68.9 Å². The first-order valence-corrected chi connectivity index (χ1v) is 10.9. The number of carbonyl (C=O) groups is 1. The number of hydrogen-bond donors (Lipinski definition) is 0. The Balaban J connectivity index is 1.52. The number of ether oxygens (including phenoxy) is 1. The molecule has 29 heavy (non-hydrogen) atoms. The Bertz CT molecular complexity index is 860. The highest BCUT2D eigenvalue weighted by atomic mass is 16.5. The van der Waals surface area contributed by atoms with Crippen LogP contribution in [-0.2, 0) is 4.79 Å². The summed E-state index contributed by atoms with van der Waals surface area (Å²) in [4.78, 5) is 22.2. The summed E-state index contributed by atoms with van der Waals surface area (Å²) in [5.41, 5.74) is 2.20. The third kappa shape index (κ3) is 4.40. The molecule has 1 aromatic carbocycles. The van der Waals surface area contributed by atoms with E-state index in [9.17, 15) is 4.79 Å². The predicted octanol–water partition coefficient (Wildman–Crippen LogP) is 3.93. The summed E-state index contributed by atoms with van der Waals surface area (Å²) in [5.74, 6) is 2.54. The molecule has 1 aromatic heterocycles. The van der Waals surface area contributed by atoms with Gasteiger partial charge in [0.1, 0.15) is 11.3 Å². The number of piperidine rings is 2. The number of benzene rings is 1. The second kappa shape index (κ2) is 8.70. The molecule has 0 saturated carbocycles. The van der Waals surface area contributed by atoms with Gasteiger partial charge in [-0.1, -0.05) is 19.1 Å². The molecule has 2 aromatic rings. The molecule has 4 rings (SSSR count). The molecule has 0 aliphatic carbocycles. The summed E-state index contributed by atoms with van der Waals surface area (Å²) < 4.78 is 5.51. The molecule has 2 saturated heterocycles. The lowest BCUT2D eigenvalue weighted by atomic mass is 9.83. The second-order valence-electron chi connectivity index (χ2n) is 9.04. The van der Waals surface area contributed by atoms with E-state index in [0.717, 1.165) is 62.1 Å². The van der Waals surface area contributed by atoms with E-state index >= 15 is 0 Å². The number of fused-ring (bicyclic) bond motifs is 1. The number of methoxy groups -OCH3 is 1. The molecule has 156 valence electrons. The first-order valence-electron chi connectivity index (χ1n) is 10.9. The third-order valence-electron chi connectivity index (χ3n) is 6.74. The fourth-order valence-corrected chi connectivity index (χ4v) is 5.11. The van der Waals surface area contributed by atoms with E-state index in [4.69, 9.17) is 4.74 Å². The molecule has 0 spiro atoms. The van der Waals surface area contributed by atoms with E-state index in [-0.39, 0.29) is 0 Å². The van der Waals surface area contributed by atoms with E-state index < -0.39 is 0 Å². The predicted molar refractivity (Wildman–Crippen MR) is 116 cm³/mol. The van der Waals surface area contributed by atoms with Crippen molar-refractivity contribution in [1.82, 2.24) is 14.8 Å². The smallest absolute Gasteiger partial charge is 0.222 e. The van der Waals surface area contributed by atoms with Gasteiger partial charge in [-0.3, -0.25) is 9.78 Å². The van der Waals surface area contributed by atoms with Crippen LogP contribution in [0.2, 0.25) is 0 Å². The number of aromatic nitrogens is 1. The molecule has 2 aliphatic heterocycles. The van der Waals surface area contributed by atoms with Crippen LogP contribution in [-0.4, -0.2) is 61.0 Å².